The number of amides is 2. The maximum atomic E-state index is 12.3. The molecule has 2 N–H and O–H groups in total. The van der Waals surface area contributed by atoms with Crippen molar-refractivity contribution in [2.45, 2.75) is 26.3 Å². The predicted molar refractivity (Wildman–Crippen MR) is 111 cm³/mol. The summed E-state index contributed by atoms with van der Waals surface area (Å²) in [6.07, 6.45) is 1.30. The summed E-state index contributed by atoms with van der Waals surface area (Å²) >= 11 is 0. The van der Waals surface area contributed by atoms with E-state index in [0.29, 0.717) is 37.4 Å². The zero-order valence-corrected chi connectivity index (χ0v) is 17.2. The first-order valence-electron chi connectivity index (χ1n) is 9.83. The summed E-state index contributed by atoms with van der Waals surface area (Å²) in [5, 5.41) is 5.86. The van der Waals surface area contributed by atoms with Gasteiger partial charge in [0, 0.05) is 13.1 Å². The molecule has 6 heteroatoms. The lowest BCUT2D eigenvalue weighted by atomic mass is 10.1. The van der Waals surface area contributed by atoms with Gasteiger partial charge in [-0.3, -0.25) is 9.59 Å². The lowest BCUT2D eigenvalue weighted by Crippen LogP contribution is -2.31. The Morgan fingerprint density at radius 1 is 0.897 bits per heavy atom. The van der Waals surface area contributed by atoms with Crippen molar-refractivity contribution in [3.63, 3.8) is 0 Å². The van der Waals surface area contributed by atoms with E-state index < -0.39 is 0 Å². The van der Waals surface area contributed by atoms with E-state index in [0.717, 1.165) is 11.1 Å². The summed E-state index contributed by atoms with van der Waals surface area (Å²) in [4.78, 5) is 24.6. The molecule has 0 spiro atoms. The number of hydrogen-bond acceptors (Lipinski definition) is 4. The summed E-state index contributed by atoms with van der Waals surface area (Å²) in [5.74, 6) is 0.799. The Bertz CT molecular complexity index is 864. The molecule has 0 heterocycles. The highest BCUT2D eigenvalue weighted by atomic mass is 16.5. The predicted octanol–water partition coefficient (Wildman–Crippen LogP) is 2.62. The Labute approximate surface area is 171 Å². The van der Waals surface area contributed by atoms with E-state index in [4.69, 9.17) is 9.47 Å². The lowest BCUT2D eigenvalue weighted by molar-refractivity contribution is -0.127. The number of benzene rings is 2. The van der Waals surface area contributed by atoms with E-state index in [1.807, 2.05) is 49.4 Å². The van der Waals surface area contributed by atoms with E-state index in [-0.39, 0.29) is 23.7 Å². The van der Waals surface area contributed by atoms with Crippen molar-refractivity contribution in [3.8, 4) is 11.5 Å². The molecule has 6 nitrogen and oxygen atoms in total. The van der Waals surface area contributed by atoms with E-state index in [1.54, 1.807) is 14.2 Å². The average Bonchev–Trinajstić information content (AvgIpc) is 3.54. The fourth-order valence-corrected chi connectivity index (χ4v) is 3.30. The van der Waals surface area contributed by atoms with Gasteiger partial charge in [0.2, 0.25) is 11.8 Å². The normalized spacial score (nSPS) is 17.3. The second-order valence-corrected chi connectivity index (χ2v) is 7.38. The molecular formula is C23H28N2O4. The molecule has 0 saturated heterocycles. The third-order valence-electron chi connectivity index (χ3n) is 5.21. The molecule has 0 aliphatic heterocycles. The number of nitrogens with one attached hydrogen (secondary N) is 2. The molecule has 2 aromatic rings. The van der Waals surface area contributed by atoms with Crippen molar-refractivity contribution in [1.29, 1.82) is 0 Å². The van der Waals surface area contributed by atoms with Crippen LogP contribution in [0, 0.1) is 18.8 Å². The van der Waals surface area contributed by atoms with Gasteiger partial charge >= 0.3 is 0 Å². The summed E-state index contributed by atoms with van der Waals surface area (Å²) in [6.45, 7) is 3.03. The Balaban J connectivity index is 1.39. The second kappa shape index (κ2) is 9.45. The van der Waals surface area contributed by atoms with Gasteiger partial charge in [0.15, 0.2) is 11.5 Å². The minimum atomic E-state index is -0.224. The fraction of sp³-hybridized carbons (Fsp3) is 0.391. The van der Waals surface area contributed by atoms with Crippen LogP contribution >= 0.6 is 0 Å². The van der Waals surface area contributed by atoms with Crippen LogP contribution in [-0.4, -0.2) is 32.6 Å². The van der Waals surface area contributed by atoms with E-state index >= 15 is 0 Å². The van der Waals surface area contributed by atoms with Gasteiger partial charge in [0.05, 0.1) is 26.1 Å². The third-order valence-corrected chi connectivity index (χ3v) is 5.21. The van der Waals surface area contributed by atoms with Crippen LogP contribution in [0.1, 0.15) is 23.1 Å². The zero-order valence-electron chi connectivity index (χ0n) is 17.2. The van der Waals surface area contributed by atoms with Gasteiger partial charge in [0.1, 0.15) is 0 Å². The molecule has 2 amide bonds. The van der Waals surface area contributed by atoms with E-state index in [9.17, 15) is 9.59 Å². The minimum absolute atomic E-state index is 0.0504. The first kappa shape index (κ1) is 20.7. The topological polar surface area (TPSA) is 76.7 Å². The monoisotopic (exact) mass is 396 g/mol. The molecule has 2 atom stereocenters. The molecule has 0 bridgehead atoms. The number of hydrogen-bond donors (Lipinski definition) is 2. The zero-order chi connectivity index (χ0) is 20.8. The minimum Gasteiger partial charge on any atom is -0.493 e. The number of carbonyl (C=O) groups excluding carboxylic acids is 2. The summed E-state index contributed by atoms with van der Waals surface area (Å²) in [7, 11) is 3.20. The van der Waals surface area contributed by atoms with Crippen LogP contribution in [0.25, 0.3) is 0 Å². The van der Waals surface area contributed by atoms with Crippen molar-refractivity contribution in [1.82, 2.24) is 10.6 Å². The van der Waals surface area contributed by atoms with E-state index in [2.05, 4.69) is 10.6 Å². The van der Waals surface area contributed by atoms with Crippen LogP contribution in [0.4, 0.5) is 0 Å². The maximum Gasteiger partial charge on any atom is 0.224 e. The van der Waals surface area contributed by atoms with Crippen LogP contribution in [0.15, 0.2) is 42.5 Å². The van der Waals surface area contributed by atoms with Crippen LogP contribution in [-0.2, 0) is 22.6 Å². The number of carbonyl (C=O) groups is 2. The number of aryl methyl sites for hydroxylation is 1. The number of methoxy groups -OCH3 is 2. The molecule has 0 aromatic heterocycles. The summed E-state index contributed by atoms with van der Waals surface area (Å²) in [6, 6.07) is 13.8. The first-order valence-corrected chi connectivity index (χ1v) is 9.83. The Morgan fingerprint density at radius 3 is 2.17 bits per heavy atom. The molecule has 2 aromatic carbocycles. The lowest BCUT2D eigenvalue weighted by Gasteiger charge is -2.10. The molecule has 1 saturated carbocycles. The van der Waals surface area contributed by atoms with Gasteiger partial charge in [-0.2, -0.15) is 0 Å². The molecule has 154 valence electrons. The fourth-order valence-electron chi connectivity index (χ4n) is 3.30. The molecule has 1 aliphatic carbocycles. The van der Waals surface area contributed by atoms with Gasteiger partial charge in [-0.15, -0.1) is 0 Å². The van der Waals surface area contributed by atoms with Gasteiger partial charge in [-0.25, -0.2) is 0 Å². The average molecular weight is 396 g/mol. The van der Waals surface area contributed by atoms with Gasteiger partial charge in [0.25, 0.3) is 0 Å². The van der Waals surface area contributed by atoms with Crippen LogP contribution in [0.2, 0.25) is 0 Å². The Morgan fingerprint density at radius 2 is 1.52 bits per heavy atom. The molecule has 0 radical (unpaired) electrons. The molecule has 29 heavy (non-hydrogen) atoms. The SMILES string of the molecule is COc1ccc(CCNC(=O)C2CC2C(=O)NCc2ccc(C)cc2)cc1OC. The second-order valence-electron chi connectivity index (χ2n) is 7.38. The quantitative estimate of drug-likeness (QED) is 0.683. The largest absolute Gasteiger partial charge is 0.493 e. The summed E-state index contributed by atoms with van der Waals surface area (Å²) < 4.78 is 10.5. The third kappa shape index (κ3) is 5.50. The standard InChI is InChI=1S/C23H28N2O4/c1-15-4-6-17(7-5-15)14-25-23(27)19-13-18(19)22(26)24-11-10-16-8-9-20(28-2)21(12-16)29-3/h4-9,12,18-19H,10-11,13-14H2,1-3H3,(H,24,26)(H,25,27). The van der Waals surface area contributed by atoms with Crippen LogP contribution in [0.3, 0.4) is 0 Å². The first-order chi connectivity index (χ1) is 14.0. The highest BCUT2D eigenvalue weighted by Gasteiger charge is 2.47. The van der Waals surface area contributed by atoms with Crippen molar-refractivity contribution >= 4 is 11.8 Å². The number of rotatable bonds is 9. The highest BCUT2D eigenvalue weighted by Crippen LogP contribution is 2.38. The van der Waals surface area contributed by atoms with Crippen molar-refractivity contribution in [2.24, 2.45) is 11.8 Å². The maximum absolute atomic E-state index is 12.3. The Hall–Kier alpha value is -3.02. The van der Waals surface area contributed by atoms with Crippen LogP contribution in [0.5, 0.6) is 11.5 Å². The molecular weight excluding hydrogens is 368 g/mol. The smallest absolute Gasteiger partial charge is 0.224 e. The van der Waals surface area contributed by atoms with Crippen molar-refractivity contribution < 1.29 is 19.1 Å². The van der Waals surface area contributed by atoms with Gasteiger partial charge in [-0.05, 0) is 43.0 Å². The van der Waals surface area contributed by atoms with Crippen molar-refractivity contribution in [2.75, 3.05) is 20.8 Å². The Kier molecular flexibility index (Phi) is 6.75. The molecule has 3 rings (SSSR count). The van der Waals surface area contributed by atoms with Gasteiger partial charge < -0.3 is 20.1 Å². The molecule has 1 aliphatic rings. The molecule has 2 unspecified atom stereocenters. The van der Waals surface area contributed by atoms with Gasteiger partial charge in [-0.1, -0.05) is 35.9 Å². The highest BCUT2D eigenvalue weighted by molar-refractivity contribution is 5.92. The van der Waals surface area contributed by atoms with Crippen LogP contribution < -0.4 is 20.1 Å². The van der Waals surface area contributed by atoms with E-state index in [1.165, 1.54) is 5.56 Å². The van der Waals surface area contributed by atoms with Crippen molar-refractivity contribution in [3.05, 3.63) is 59.2 Å². The number of ether oxygens (including phenoxy) is 2. The summed E-state index contributed by atoms with van der Waals surface area (Å²) in [5.41, 5.74) is 3.29. The molecule has 1 fully saturated rings.